The van der Waals surface area contributed by atoms with E-state index in [9.17, 15) is 0 Å². The maximum atomic E-state index is 4.00. The second kappa shape index (κ2) is 4.71. The first kappa shape index (κ1) is 10.5. The van der Waals surface area contributed by atoms with Crippen molar-refractivity contribution in [1.29, 1.82) is 0 Å². The fourth-order valence-electron chi connectivity index (χ4n) is 1.70. The van der Waals surface area contributed by atoms with Crippen molar-refractivity contribution in [1.82, 2.24) is 0 Å². The minimum Gasteiger partial charge on any atom is -0.205 e. The lowest BCUT2D eigenvalue weighted by Gasteiger charge is -1.95. The van der Waals surface area contributed by atoms with Crippen molar-refractivity contribution in [2.24, 2.45) is 9.98 Å². The van der Waals surface area contributed by atoms with Gasteiger partial charge in [-0.05, 0) is 0 Å². The summed E-state index contributed by atoms with van der Waals surface area (Å²) in [4.78, 5) is 8.00. The first-order valence-corrected chi connectivity index (χ1v) is 5.65. The third kappa shape index (κ3) is 2.38. The zero-order chi connectivity index (χ0) is 12.2. The molecule has 2 aliphatic heterocycles. The van der Waals surface area contributed by atoms with Crippen molar-refractivity contribution in [2.45, 2.75) is 0 Å². The maximum Gasteiger partial charge on any atom is 0.290 e. The molecule has 0 saturated heterocycles. The number of hydrogen-bond donors (Lipinski definition) is 0. The van der Waals surface area contributed by atoms with E-state index in [-0.39, 0.29) is 0 Å². The van der Waals surface area contributed by atoms with Crippen LogP contribution in [0.5, 0.6) is 0 Å². The SMILES string of the molecule is C1=C[N+](=Cc2ccc(C=[N+]3C=CN=C3)cc2)C=N1. The first-order valence-electron chi connectivity index (χ1n) is 5.65. The predicted octanol–water partition coefficient (Wildman–Crippen LogP) is 1.58. The van der Waals surface area contributed by atoms with Crippen LogP contribution in [0.4, 0.5) is 0 Å². The van der Waals surface area contributed by atoms with Gasteiger partial charge in [0.05, 0.1) is 0 Å². The average Bonchev–Trinajstić information content (AvgIpc) is 3.05. The molecule has 1 aromatic carbocycles. The second-order valence-electron chi connectivity index (χ2n) is 3.94. The van der Waals surface area contributed by atoms with Gasteiger partial charge in [-0.25, -0.2) is 9.15 Å². The van der Waals surface area contributed by atoms with Gasteiger partial charge in [-0.2, -0.15) is 0 Å². The highest BCUT2D eigenvalue weighted by molar-refractivity contribution is 5.83. The molecule has 0 bridgehead atoms. The van der Waals surface area contributed by atoms with E-state index in [1.165, 1.54) is 0 Å². The highest BCUT2D eigenvalue weighted by atomic mass is 15.1. The molecule has 1 aromatic rings. The zero-order valence-electron chi connectivity index (χ0n) is 9.72. The Morgan fingerprint density at radius 2 is 1.17 bits per heavy atom. The van der Waals surface area contributed by atoms with E-state index in [1.807, 2.05) is 34.0 Å². The van der Waals surface area contributed by atoms with Crippen molar-refractivity contribution in [2.75, 3.05) is 0 Å². The molecule has 4 heteroatoms. The molecule has 0 saturated carbocycles. The Kier molecular flexibility index (Phi) is 2.75. The zero-order valence-corrected chi connectivity index (χ0v) is 9.72. The Morgan fingerprint density at radius 1 is 0.722 bits per heavy atom. The minimum absolute atomic E-state index is 1.13. The molecule has 86 valence electrons. The molecular weight excluding hydrogens is 224 g/mol. The summed E-state index contributed by atoms with van der Waals surface area (Å²) in [7, 11) is 0. The summed E-state index contributed by atoms with van der Waals surface area (Å²) < 4.78 is 3.85. The second-order valence-corrected chi connectivity index (χ2v) is 3.94. The minimum atomic E-state index is 1.13. The molecule has 3 rings (SSSR count). The largest absolute Gasteiger partial charge is 0.290 e. The summed E-state index contributed by atoms with van der Waals surface area (Å²) in [6.45, 7) is 0. The molecule has 0 aromatic heterocycles. The van der Waals surface area contributed by atoms with Crippen LogP contribution in [0.3, 0.4) is 0 Å². The number of hydrogen-bond acceptors (Lipinski definition) is 2. The van der Waals surface area contributed by atoms with Gasteiger partial charge in [-0.1, -0.05) is 34.3 Å². The summed E-state index contributed by atoms with van der Waals surface area (Å²) >= 11 is 0. The quantitative estimate of drug-likeness (QED) is 0.698. The molecule has 0 N–H and O–H groups in total. The normalized spacial score (nSPS) is 20.7. The summed E-state index contributed by atoms with van der Waals surface area (Å²) in [6.07, 6.45) is 14.9. The van der Waals surface area contributed by atoms with E-state index in [2.05, 4.69) is 34.3 Å². The van der Waals surface area contributed by atoms with Crippen molar-refractivity contribution in [3.63, 3.8) is 0 Å². The van der Waals surface area contributed by atoms with Gasteiger partial charge in [0.15, 0.2) is 12.4 Å². The van der Waals surface area contributed by atoms with Crippen LogP contribution in [-0.4, -0.2) is 34.3 Å². The molecule has 0 unspecified atom stereocenters. The molecule has 0 fully saturated rings. The summed E-state index contributed by atoms with van der Waals surface area (Å²) in [5.41, 5.74) is 2.27. The van der Waals surface area contributed by atoms with Crippen LogP contribution in [0, 0.1) is 0 Å². The van der Waals surface area contributed by atoms with Crippen LogP contribution in [0.15, 0.2) is 59.1 Å². The van der Waals surface area contributed by atoms with Crippen LogP contribution < -0.4 is 0 Å². The van der Waals surface area contributed by atoms with Crippen molar-refractivity contribution in [3.8, 4) is 0 Å². The van der Waals surface area contributed by atoms with Crippen LogP contribution >= 0.6 is 0 Å². The Morgan fingerprint density at radius 3 is 1.50 bits per heavy atom. The Balaban J connectivity index is 1.81. The van der Waals surface area contributed by atoms with E-state index in [1.54, 1.807) is 25.1 Å². The molecule has 0 spiro atoms. The Hall–Kier alpha value is -2.62. The monoisotopic (exact) mass is 236 g/mol. The molecule has 0 radical (unpaired) electrons. The van der Waals surface area contributed by atoms with Crippen molar-refractivity contribution >= 4 is 25.1 Å². The summed E-state index contributed by atoms with van der Waals surface area (Å²) in [5.74, 6) is 0. The van der Waals surface area contributed by atoms with Crippen LogP contribution in [-0.2, 0) is 0 Å². The van der Waals surface area contributed by atoms with Gasteiger partial charge in [0, 0.05) is 11.1 Å². The number of benzene rings is 1. The average molecular weight is 236 g/mol. The van der Waals surface area contributed by atoms with E-state index in [4.69, 9.17) is 0 Å². The highest BCUT2D eigenvalue weighted by Gasteiger charge is 2.02. The fourth-order valence-corrected chi connectivity index (χ4v) is 1.70. The Bertz CT molecular complexity index is 543. The molecule has 0 amide bonds. The molecular formula is C14H12N4+2. The predicted molar refractivity (Wildman–Crippen MR) is 72.6 cm³/mol. The van der Waals surface area contributed by atoms with Crippen LogP contribution in [0.25, 0.3) is 0 Å². The first-order chi connectivity index (χ1) is 8.90. The van der Waals surface area contributed by atoms with Gasteiger partial charge in [-0.3, -0.25) is 0 Å². The van der Waals surface area contributed by atoms with E-state index in [0.717, 1.165) is 11.1 Å². The van der Waals surface area contributed by atoms with E-state index < -0.39 is 0 Å². The van der Waals surface area contributed by atoms with Crippen LogP contribution in [0.2, 0.25) is 0 Å². The standard InChI is InChI=1S/C14H12N4/c1-2-14(10-18-8-6-16-12-18)4-3-13(1)9-17-7-5-15-11-17/h1-12H/q+2. The molecule has 18 heavy (non-hydrogen) atoms. The number of nitrogens with zero attached hydrogens (tertiary/aromatic N) is 4. The lowest BCUT2D eigenvalue weighted by Crippen LogP contribution is -2.02. The number of aliphatic imine (C=N–C) groups is 2. The molecule has 0 atom stereocenters. The summed E-state index contributed by atoms with van der Waals surface area (Å²) in [5, 5.41) is 0. The van der Waals surface area contributed by atoms with Crippen molar-refractivity contribution in [3.05, 3.63) is 60.2 Å². The lowest BCUT2D eigenvalue weighted by atomic mass is 10.1. The fraction of sp³-hybridized carbons (Fsp3) is 0. The topological polar surface area (TPSA) is 30.7 Å². The van der Waals surface area contributed by atoms with Gasteiger partial charge in [0.1, 0.15) is 24.8 Å². The van der Waals surface area contributed by atoms with Crippen molar-refractivity contribution < 1.29 is 9.15 Å². The maximum absolute atomic E-state index is 4.00. The summed E-state index contributed by atoms with van der Waals surface area (Å²) in [6, 6.07) is 8.29. The van der Waals surface area contributed by atoms with Gasteiger partial charge in [0.25, 0.3) is 12.7 Å². The third-order valence-electron chi connectivity index (χ3n) is 2.58. The highest BCUT2D eigenvalue weighted by Crippen LogP contribution is 2.01. The molecule has 0 aliphatic carbocycles. The van der Waals surface area contributed by atoms with Gasteiger partial charge >= 0.3 is 0 Å². The van der Waals surface area contributed by atoms with Gasteiger partial charge in [-0.15, -0.1) is 0 Å². The van der Waals surface area contributed by atoms with Gasteiger partial charge in [0.2, 0.25) is 0 Å². The molecule has 2 aliphatic rings. The number of rotatable bonds is 2. The molecule has 4 nitrogen and oxygen atoms in total. The van der Waals surface area contributed by atoms with Gasteiger partial charge < -0.3 is 0 Å². The van der Waals surface area contributed by atoms with E-state index in [0.29, 0.717) is 0 Å². The van der Waals surface area contributed by atoms with E-state index >= 15 is 0 Å². The third-order valence-corrected chi connectivity index (χ3v) is 2.58. The van der Waals surface area contributed by atoms with Crippen LogP contribution in [0.1, 0.15) is 11.1 Å². The lowest BCUT2D eigenvalue weighted by molar-refractivity contribution is -0.302. The smallest absolute Gasteiger partial charge is 0.205 e. The molecule has 2 heterocycles. The Labute approximate surface area is 105 Å².